The quantitative estimate of drug-likeness (QED) is 0.783. The lowest BCUT2D eigenvalue weighted by molar-refractivity contribution is -0.144. The molecular weight excluding hydrogens is 385 g/mol. The molecule has 1 aromatic rings. The number of nitrogens with two attached hydrogens (primary N) is 1. The smallest absolute Gasteiger partial charge is 0.241 e. The molecule has 0 saturated carbocycles. The van der Waals surface area contributed by atoms with Crippen molar-refractivity contribution < 1.29 is 14.0 Å². The van der Waals surface area contributed by atoms with Gasteiger partial charge in [-0.25, -0.2) is 4.39 Å². The topological polar surface area (TPSA) is 93.7 Å². The van der Waals surface area contributed by atoms with Gasteiger partial charge in [0.25, 0.3) is 0 Å². The zero-order valence-corrected chi connectivity index (χ0v) is 17.4. The highest BCUT2D eigenvalue weighted by Crippen LogP contribution is 2.41. The lowest BCUT2D eigenvalue weighted by Gasteiger charge is -2.44. The van der Waals surface area contributed by atoms with E-state index in [-0.39, 0.29) is 29.7 Å². The molecule has 0 aliphatic carbocycles. The van der Waals surface area contributed by atoms with E-state index < -0.39 is 17.6 Å². The van der Waals surface area contributed by atoms with Gasteiger partial charge < -0.3 is 15.5 Å². The van der Waals surface area contributed by atoms with Gasteiger partial charge in [0.05, 0.1) is 23.7 Å². The first-order chi connectivity index (χ1) is 14.2. The number of amides is 2. The van der Waals surface area contributed by atoms with Crippen LogP contribution in [0.3, 0.4) is 0 Å². The standard InChI is InChI=1S/C22H28FN5O2/c1-22(2,14-5-7-15(23)8-6-14)28-17-10-19(21(28)30)26(12-17)13-18(25)20(29)27-9-3-4-16(27)11-24/h5-8,16-19H,3-4,9-10,12-13,25H2,1-2H3/t16-,17?,18-,19-/m0/s1. The Balaban J connectivity index is 1.43. The predicted octanol–water partition coefficient (Wildman–Crippen LogP) is 1.19. The minimum Gasteiger partial charge on any atom is -0.328 e. The second-order valence-electron chi connectivity index (χ2n) is 9.06. The van der Waals surface area contributed by atoms with Crippen LogP contribution in [-0.4, -0.2) is 70.3 Å². The van der Waals surface area contributed by atoms with Crippen molar-refractivity contribution >= 4 is 11.8 Å². The van der Waals surface area contributed by atoms with Gasteiger partial charge in [-0.05, 0) is 50.8 Å². The molecule has 160 valence electrons. The molecule has 0 spiro atoms. The molecule has 1 unspecified atom stereocenters. The van der Waals surface area contributed by atoms with Gasteiger partial charge in [0.15, 0.2) is 0 Å². The Morgan fingerprint density at radius 1 is 1.37 bits per heavy atom. The molecule has 8 heteroatoms. The Morgan fingerprint density at radius 3 is 2.70 bits per heavy atom. The Kier molecular flexibility index (Phi) is 5.28. The maximum atomic E-state index is 13.3. The number of carbonyl (C=O) groups is 2. The molecule has 2 N–H and O–H groups in total. The third kappa shape index (κ3) is 3.36. The number of likely N-dealkylation sites (tertiary alicyclic amines) is 3. The van der Waals surface area contributed by atoms with Crippen LogP contribution in [0.15, 0.2) is 24.3 Å². The summed E-state index contributed by atoms with van der Waals surface area (Å²) in [5.41, 5.74) is 6.53. The van der Waals surface area contributed by atoms with E-state index in [0.717, 1.165) is 12.0 Å². The molecule has 0 radical (unpaired) electrons. The fourth-order valence-electron chi connectivity index (χ4n) is 5.30. The normalized spacial score (nSPS) is 27.6. The summed E-state index contributed by atoms with van der Waals surface area (Å²) >= 11 is 0. The molecular formula is C22H28FN5O2. The van der Waals surface area contributed by atoms with E-state index in [9.17, 15) is 19.2 Å². The predicted molar refractivity (Wildman–Crippen MR) is 108 cm³/mol. The lowest BCUT2D eigenvalue weighted by Crippen LogP contribution is -2.59. The molecule has 1 aromatic carbocycles. The van der Waals surface area contributed by atoms with E-state index in [1.54, 1.807) is 17.0 Å². The first-order valence-electron chi connectivity index (χ1n) is 10.5. The lowest BCUT2D eigenvalue weighted by atomic mass is 9.91. The van der Waals surface area contributed by atoms with Crippen molar-refractivity contribution in [1.82, 2.24) is 14.7 Å². The largest absolute Gasteiger partial charge is 0.328 e. The summed E-state index contributed by atoms with van der Waals surface area (Å²) < 4.78 is 13.3. The number of hydrogen-bond acceptors (Lipinski definition) is 5. The SMILES string of the molecule is CC(C)(c1ccc(F)cc1)N1C(=O)[C@@H]2CC1CN2C[C@H](N)C(=O)N1CCC[C@H]1C#N. The van der Waals surface area contributed by atoms with Crippen LogP contribution in [0.5, 0.6) is 0 Å². The van der Waals surface area contributed by atoms with Crippen LogP contribution in [0.1, 0.15) is 38.7 Å². The Labute approximate surface area is 176 Å². The van der Waals surface area contributed by atoms with Gasteiger partial charge in [0, 0.05) is 25.7 Å². The zero-order valence-electron chi connectivity index (χ0n) is 17.4. The summed E-state index contributed by atoms with van der Waals surface area (Å²) in [6.45, 7) is 5.49. The van der Waals surface area contributed by atoms with Crippen LogP contribution >= 0.6 is 0 Å². The highest BCUT2D eigenvalue weighted by Gasteiger charge is 2.54. The van der Waals surface area contributed by atoms with Crippen LogP contribution in [0.25, 0.3) is 0 Å². The third-order valence-electron chi connectivity index (χ3n) is 6.86. The molecule has 7 nitrogen and oxygen atoms in total. The molecule has 3 saturated heterocycles. The van der Waals surface area contributed by atoms with Gasteiger partial charge in [-0.1, -0.05) is 12.1 Å². The summed E-state index contributed by atoms with van der Waals surface area (Å²) in [4.78, 5) is 31.4. The van der Waals surface area contributed by atoms with E-state index in [2.05, 4.69) is 6.07 Å². The number of halogens is 1. The van der Waals surface area contributed by atoms with Crippen LogP contribution in [0.4, 0.5) is 4.39 Å². The zero-order chi connectivity index (χ0) is 21.6. The molecule has 3 heterocycles. The minimum atomic E-state index is -0.746. The summed E-state index contributed by atoms with van der Waals surface area (Å²) in [5.74, 6) is -0.487. The molecule has 4 atom stereocenters. The van der Waals surface area contributed by atoms with E-state index in [1.807, 2.05) is 23.6 Å². The van der Waals surface area contributed by atoms with Gasteiger partial charge in [-0.2, -0.15) is 5.26 Å². The van der Waals surface area contributed by atoms with Gasteiger partial charge in [0.2, 0.25) is 11.8 Å². The maximum absolute atomic E-state index is 13.3. The van der Waals surface area contributed by atoms with Crippen molar-refractivity contribution in [2.24, 2.45) is 5.73 Å². The van der Waals surface area contributed by atoms with Crippen LogP contribution in [-0.2, 0) is 15.1 Å². The van der Waals surface area contributed by atoms with Crippen molar-refractivity contribution in [3.8, 4) is 6.07 Å². The molecule has 3 aliphatic heterocycles. The second kappa shape index (κ2) is 7.64. The molecule has 2 amide bonds. The highest BCUT2D eigenvalue weighted by atomic mass is 19.1. The van der Waals surface area contributed by atoms with Gasteiger partial charge in [0.1, 0.15) is 11.9 Å². The first-order valence-corrected chi connectivity index (χ1v) is 10.5. The Bertz CT molecular complexity index is 881. The fourth-order valence-corrected chi connectivity index (χ4v) is 5.30. The van der Waals surface area contributed by atoms with Gasteiger partial charge in [-0.3, -0.25) is 14.5 Å². The average molecular weight is 413 g/mol. The average Bonchev–Trinajstić information content (AvgIpc) is 3.41. The number of nitriles is 1. The molecule has 3 fully saturated rings. The van der Waals surface area contributed by atoms with Crippen molar-refractivity contribution in [2.45, 2.75) is 62.8 Å². The first kappa shape index (κ1) is 20.8. The summed E-state index contributed by atoms with van der Waals surface area (Å²) in [6.07, 6.45) is 2.21. The van der Waals surface area contributed by atoms with Crippen LogP contribution in [0.2, 0.25) is 0 Å². The van der Waals surface area contributed by atoms with E-state index >= 15 is 0 Å². The molecule has 2 bridgehead atoms. The number of benzene rings is 1. The summed E-state index contributed by atoms with van der Waals surface area (Å²) in [7, 11) is 0. The highest BCUT2D eigenvalue weighted by molar-refractivity contribution is 5.87. The monoisotopic (exact) mass is 413 g/mol. The number of carbonyl (C=O) groups excluding carboxylic acids is 2. The number of rotatable bonds is 5. The minimum absolute atomic E-state index is 0.0243. The number of hydrogen-bond donors (Lipinski definition) is 1. The summed E-state index contributed by atoms with van der Waals surface area (Å²) in [6, 6.07) is 7.05. The summed E-state index contributed by atoms with van der Waals surface area (Å²) in [5, 5.41) is 9.22. The Morgan fingerprint density at radius 2 is 2.07 bits per heavy atom. The number of fused-ring (bicyclic) bond motifs is 2. The maximum Gasteiger partial charge on any atom is 0.241 e. The molecule has 3 aliphatic rings. The van der Waals surface area contributed by atoms with E-state index in [0.29, 0.717) is 32.5 Å². The van der Waals surface area contributed by atoms with Crippen LogP contribution < -0.4 is 5.73 Å². The van der Waals surface area contributed by atoms with E-state index in [4.69, 9.17) is 5.73 Å². The van der Waals surface area contributed by atoms with Crippen LogP contribution in [0, 0.1) is 17.1 Å². The second-order valence-corrected chi connectivity index (χ2v) is 9.06. The van der Waals surface area contributed by atoms with Crippen molar-refractivity contribution in [3.05, 3.63) is 35.6 Å². The van der Waals surface area contributed by atoms with Crippen molar-refractivity contribution in [2.75, 3.05) is 19.6 Å². The fraction of sp³-hybridized carbons (Fsp3) is 0.591. The third-order valence-corrected chi connectivity index (χ3v) is 6.86. The van der Waals surface area contributed by atoms with Crippen molar-refractivity contribution in [3.63, 3.8) is 0 Å². The van der Waals surface area contributed by atoms with Crippen molar-refractivity contribution in [1.29, 1.82) is 5.26 Å². The van der Waals surface area contributed by atoms with Gasteiger partial charge >= 0.3 is 0 Å². The van der Waals surface area contributed by atoms with Gasteiger partial charge in [-0.15, -0.1) is 0 Å². The molecule has 0 aromatic heterocycles. The molecule has 30 heavy (non-hydrogen) atoms. The number of nitrogens with zero attached hydrogens (tertiary/aromatic N) is 4. The number of piperazine rings is 1. The Hall–Kier alpha value is -2.50. The molecule has 4 rings (SSSR count). The van der Waals surface area contributed by atoms with E-state index in [1.165, 1.54) is 12.1 Å².